The molecule has 4 rings (SSSR count). The van der Waals surface area contributed by atoms with E-state index in [4.69, 9.17) is 4.55 Å². The minimum absolute atomic E-state index is 0.0322. The first-order valence-electron chi connectivity index (χ1n) is 9.54. The minimum Gasteiger partial charge on any atom is -0.508 e. The number of phenols is 1. The first kappa shape index (κ1) is 20.3. The maximum absolute atomic E-state index is 12.3. The van der Waals surface area contributed by atoms with Crippen molar-refractivity contribution in [1.82, 2.24) is 4.31 Å². The Kier molecular flexibility index (Phi) is 5.40. The Labute approximate surface area is 161 Å². The fourth-order valence-electron chi connectivity index (χ4n) is 5.34. The third-order valence-corrected chi connectivity index (χ3v) is 7.80. The van der Waals surface area contributed by atoms with Crippen molar-refractivity contribution in [3.63, 3.8) is 0 Å². The van der Waals surface area contributed by atoms with Gasteiger partial charge in [0, 0.05) is 25.9 Å². The van der Waals surface area contributed by atoms with Crippen molar-refractivity contribution in [2.24, 2.45) is 17.3 Å². The number of rotatable bonds is 1. The molecule has 0 amide bonds. The van der Waals surface area contributed by atoms with E-state index in [2.05, 4.69) is 13.0 Å². The topological polar surface area (TPSA) is 94.9 Å². The largest absolute Gasteiger partial charge is 0.508 e. The predicted octanol–water partition coefficient (Wildman–Crippen LogP) is 3.17. The molecule has 27 heavy (non-hydrogen) atoms. The second-order valence-electron chi connectivity index (χ2n) is 8.48. The van der Waals surface area contributed by atoms with E-state index in [0.717, 1.165) is 32.1 Å². The average Bonchev–Trinajstić information content (AvgIpc) is 2.89. The van der Waals surface area contributed by atoms with Gasteiger partial charge in [-0.3, -0.25) is 9.35 Å². The Morgan fingerprint density at radius 3 is 2.44 bits per heavy atom. The summed E-state index contributed by atoms with van der Waals surface area (Å²) in [7, 11) is -1.42. The van der Waals surface area contributed by atoms with Gasteiger partial charge in [-0.2, -0.15) is 12.7 Å². The molecule has 0 unspecified atom stereocenters. The molecule has 2 fully saturated rings. The number of aryl methyl sites for hydroxylation is 1. The maximum atomic E-state index is 12.3. The minimum atomic E-state index is -3.91. The molecule has 0 bridgehead atoms. The number of carbonyl (C=O) groups is 1. The summed E-state index contributed by atoms with van der Waals surface area (Å²) in [4.78, 5) is 12.3. The fourth-order valence-corrected chi connectivity index (χ4v) is 5.34. The zero-order chi connectivity index (χ0) is 20.0. The third kappa shape index (κ3) is 3.77. The van der Waals surface area contributed by atoms with Crippen LogP contribution in [-0.4, -0.2) is 42.3 Å². The highest BCUT2D eigenvalue weighted by Gasteiger charge is 2.54. The van der Waals surface area contributed by atoms with E-state index in [1.165, 1.54) is 31.6 Å². The van der Waals surface area contributed by atoms with E-state index in [1.807, 2.05) is 12.1 Å². The quantitative estimate of drug-likeness (QED) is 0.712. The van der Waals surface area contributed by atoms with Gasteiger partial charge in [0.15, 0.2) is 0 Å². The second kappa shape index (κ2) is 7.18. The average molecular weight is 396 g/mol. The Morgan fingerprint density at radius 2 is 1.81 bits per heavy atom. The molecule has 0 radical (unpaired) electrons. The van der Waals surface area contributed by atoms with E-state index in [0.29, 0.717) is 33.6 Å². The van der Waals surface area contributed by atoms with Gasteiger partial charge in [0.1, 0.15) is 11.5 Å². The normalized spacial score (nSPS) is 32.2. The Bertz CT molecular complexity index is 835. The van der Waals surface area contributed by atoms with Crippen LogP contribution in [0.2, 0.25) is 0 Å². The molecule has 1 aromatic rings. The van der Waals surface area contributed by atoms with Gasteiger partial charge in [-0.05, 0) is 73.1 Å². The second-order valence-corrected chi connectivity index (χ2v) is 10.1. The molecule has 2 N–H and O–H groups in total. The summed E-state index contributed by atoms with van der Waals surface area (Å²) in [6, 6.07) is 5.90. The number of carbonyl (C=O) groups excluding carboxylic acids is 1. The summed E-state index contributed by atoms with van der Waals surface area (Å²) in [5.41, 5.74) is 2.75. The smallest absolute Gasteiger partial charge is 0.335 e. The molecule has 7 heteroatoms. The van der Waals surface area contributed by atoms with Gasteiger partial charge in [-0.15, -0.1) is 0 Å². The lowest BCUT2D eigenvalue weighted by molar-refractivity contribution is -0.129. The number of ketones is 1. The number of fused-ring (bicyclic) bond motifs is 5. The molecular formula is C20H29NO5S. The summed E-state index contributed by atoms with van der Waals surface area (Å²) in [6.07, 6.45) is 6.34. The first-order valence-corrected chi connectivity index (χ1v) is 10.9. The van der Waals surface area contributed by atoms with E-state index < -0.39 is 10.3 Å². The summed E-state index contributed by atoms with van der Waals surface area (Å²) < 4.78 is 28.3. The van der Waals surface area contributed by atoms with Crippen molar-refractivity contribution in [1.29, 1.82) is 0 Å². The number of aromatic hydroxyl groups is 1. The molecule has 4 atom stereocenters. The van der Waals surface area contributed by atoms with Gasteiger partial charge in [-0.1, -0.05) is 13.0 Å². The fraction of sp³-hybridized carbons (Fsp3) is 0.650. The van der Waals surface area contributed by atoms with Gasteiger partial charge in [0.25, 0.3) is 0 Å². The molecule has 2 saturated carbocycles. The number of hydrogen-bond acceptors (Lipinski definition) is 4. The van der Waals surface area contributed by atoms with Crippen molar-refractivity contribution in [2.45, 2.75) is 51.4 Å². The van der Waals surface area contributed by atoms with Crippen LogP contribution in [0.1, 0.15) is 56.1 Å². The molecule has 3 aliphatic rings. The molecule has 0 heterocycles. The highest BCUT2D eigenvalue weighted by Crippen LogP contribution is 2.59. The SMILES string of the molecule is CN(C)S(=O)(=O)O.C[C@]12CC[C@@H]3c4ccc(O)cc4CC[C@H]3[C@@H]1CCC2=O. The van der Waals surface area contributed by atoms with Gasteiger partial charge in [0.05, 0.1) is 0 Å². The molecule has 3 aliphatic carbocycles. The van der Waals surface area contributed by atoms with Crippen molar-refractivity contribution < 1.29 is 22.9 Å². The van der Waals surface area contributed by atoms with Gasteiger partial charge >= 0.3 is 10.3 Å². The van der Waals surface area contributed by atoms with Crippen molar-refractivity contribution in [3.05, 3.63) is 29.3 Å². The van der Waals surface area contributed by atoms with E-state index in [-0.39, 0.29) is 5.41 Å². The number of nitrogens with zero attached hydrogens (tertiary/aromatic N) is 1. The first-order chi connectivity index (χ1) is 12.5. The standard InChI is InChI=1S/C18H22O2.C2H7NO3S/c1-18-9-8-14-13-5-3-12(19)10-11(13)2-4-15(14)16(18)6-7-17(18)20;1-3(2)7(4,5)6/h3,5,10,14-16,19H,2,4,6-9H2,1H3;1-2H3,(H,4,5,6)/t14-,15-,16+,18+;/m1./s1. The number of Topliss-reactive ketones (excluding diaryl/α,β-unsaturated/α-hetero) is 1. The van der Waals surface area contributed by atoms with Gasteiger partial charge in [0.2, 0.25) is 0 Å². The lowest BCUT2D eigenvalue weighted by atomic mass is 9.55. The van der Waals surface area contributed by atoms with Crippen LogP contribution in [0.5, 0.6) is 5.75 Å². The predicted molar refractivity (Wildman–Crippen MR) is 103 cm³/mol. The van der Waals surface area contributed by atoms with Gasteiger partial charge < -0.3 is 5.11 Å². The van der Waals surface area contributed by atoms with Gasteiger partial charge in [-0.25, -0.2) is 0 Å². The van der Waals surface area contributed by atoms with Crippen molar-refractivity contribution in [3.8, 4) is 5.75 Å². The molecular weight excluding hydrogens is 366 g/mol. The van der Waals surface area contributed by atoms with Crippen LogP contribution < -0.4 is 0 Å². The van der Waals surface area contributed by atoms with Crippen LogP contribution in [0.15, 0.2) is 18.2 Å². The van der Waals surface area contributed by atoms with Crippen LogP contribution in [-0.2, 0) is 21.5 Å². The summed E-state index contributed by atoms with van der Waals surface area (Å²) in [5, 5.41) is 9.67. The van der Waals surface area contributed by atoms with Crippen LogP contribution in [0.4, 0.5) is 0 Å². The number of benzene rings is 1. The van der Waals surface area contributed by atoms with Crippen LogP contribution in [0.25, 0.3) is 0 Å². The lowest BCUT2D eigenvalue weighted by Crippen LogP contribution is -2.42. The molecule has 1 aromatic carbocycles. The van der Waals surface area contributed by atoms with E-state index in [9.17, 15) is 18.3 Å². The highest BCUT2D eigenvalue weighted by atomic mass is 32.2. The zero-order valence-corrected chi connectivity index (χ0v) is 17.0. The maximum Gasteiger partial charge on any atom is 0.335 e. The van der Waals surface area contributed by atoms with E-state index in [1.54, 1.807) is 0 Å². The Hall–Kier alpha value is -1.44. The molecule has 0 spiro atoms. The van der Waals surface area contributed by atoms with Crippen LogP contribution >= 0.6 is 0 Å². The molecule has 6 nitrogen and oxygen atoms in total. The van der Waals surface area contributed by atoms with Crippen LogP contribution in [0.3, 0.4) is 0 Å². The lowest BCUT2D eigenvalue weighted by Gasteiger charge is -2.48. The van der Waals surface area contributed by atoms with Crippen molar-refractivity contribution >= 4 is 16.1 Å². The molecule has 0 saturated heterocycles. The van der Waals surface area contributed by atoms with Crippen LogP contribution in [0, 0.1) is 17.3 Å². The summed E-state index contributed by atoms with van der Waals surface area (Å²) in [6.45, 7) is 2.22. The van der Waals surface area contributed by atoms with E-state index >= 15 is 0 Å². The Balaban J connectivity index is 0.000000260. The highest BCUT2D eigenvalue weighted by molar-refractivity contribution is 7.83. The summed E-state index contributed by atoms with van der Waals surface area (Å²) in [5.74, 6) is 2.78. The summed E-state index contributed by atoms with van der Waals surface area (Å²) >= 11 is 0. The molecule has 150 valence electrons. The number of hydrogen-bond donors (Lipinski definition) is 2. The third-order valence-electron chi connectivity index (χ3n) is 6.88. The zero-order valence-electron chi connectivity index (χ0n) is 16.2. The molecule has 0 aromatic heterocycles. The molecule has 0 aliphatic heterocycles. The Morgan fingerprint density at radius 1 is 1.15 bits per heavy atom. The monoisotopic (exact) mass is 395 g/mol. The number of phenolic OH excluding ortho intramolecular Hbond substituents is 1. The van der Waals surface area contributed by atoms with Crippen molar-refractivity contribution in [2.75, 3.05) is 14.1 Å².